The van der Waals surface area contributed by atoms with Crippen molar-refractivity contribution < 1.29 is 4.79 Å². The molecule has 4 heteroatoms. The highest BCUT2D eigenvalue weighted by molar-refractivity contribution is 14.1. The predicted molar refractivity (Wildman–Crippen MR) is 101 cm³/mol. The molecule has 23 heavy (non-hydrogen) atoms. The van der Waals surface area contributed by atoms with E-state index in [4.69, 9.17) is 0 Å². The second kappa shape index (κ2) is 6.26. The summed E-state index contributed by atoms with van der Waals surface area (Å²) in [5, 5.41) is 6.43. The summed E-state index contributed by atoms with van der Waals surface area (Å²) in [4.78, 5) is 12.2. The van der Waals surface area contributed by atoms with Gasteiger partial charge >= 0.3 is 0 Å². The lowest BCUT2D eigenvalue weighted by atomic mass is 9.49. The maximum Gasteiger partial charge on any atom is 0.239 e. The molecule has 0 atom stereocenters. The molecule has 0 aromatic heterocycles. The van der Waals surface area contributed by atoms with Gasteiger partial charge in [-0.3, -0.25) is 4.79 Å². The Hall–Kier alpha value is -0.780. The highest BCUT2D eigenvalue weighted by Crippen LogP contribution is 2.59. The molecule has 0 heterocycles. The SMILES string of the molecule is O=C(CNc1ccc(I)cc1)NCC12CC3CC(CC(C3)C1)C2. The lowest BCUT2D eigenvalue weighted by Crippen LogP contribution is -2.51. The van der Waals surface area contributed by atoms with Crippen molar-refractivity contribution in [3.05, 3.63) is 27.8 Å². The van der Waals surface area contributed by atoms with Crippen LogP contribution in [-0.4, -0.2) is 19.0 Å². The first-order valence-electron chi connectivity index (χ1n) is 8.86. The molecule has 4 aliphatic carbocycles. The van der Waals surface area contributed by atoms with Crippen molar-refractivity contribution in [2.75, 3.05) is 18.4 Å². The Morgan fingerprint density at radius 2 is 1.61 bits per heavy atom. The summed E-state index contributed by atoms with van der Waals surface area (Å²) in [7, 11) is 0. The molecule has 4 saturated carbocycles. The summed E-state index contributed by atoms with van der Waals surface area (Å²) in [5.41, 5.74) is 1.43. The standard InChI is InChI=1S/C19H25IN2O/c20-16-1-3-17(4-2-16)21-11-18(23)22-12-19-8-13-5-14(9-19)7-15(6-13)10-19/h1-4,13-15,21H,5-12H2,(H,22,23). The monoisotopic (exact) mass is 424 g/mol. The fraction of sp³-hybridized carbons (Fsp3) is 0.632. The minimum Gasteiger partial charge on any atom is -0.376 e. The van der Waals surface area contributed by atoms with Crippen LogP contribution in [0.25, 0.3) is 0 Å². The van der Waals surface area contributed by atoms with Crippen molar-refractivity contribution in [2.24, 2.45) is 23.2 Å². The van der Waals surface area contributed by atoms with E-state index in [1.807, 2.05) is 12.1 Å². The highest BCUT2D eigenvalue weighted by atomic mass is 127. The van der Waals surface area contributed by atoms with Crippen LogP contribution in [0.4, 0.5) is 5.69 Å². The number of carbonyl (C=O) groups is 1. The zero-order valence-corrected chi connectivity index (χ0v) is 15.6. The zero-order valence-electron chi connectivity index (χ0n) is 13.5. The first kappa shape index (κ1) is 15.7. The van der Waals surface area contributed by atoms with E-state index < -0.39 is 0 Å². The van der Waals surface area contributed by atoms with Gasteiger partial charge in [-0.25, -0.2) is 0 Å². The Balaban J connectivity index is 1.27. The number of benzene rings is 1. The molecule has 5 rings (SSSR count). The quantitative estimate of drug-likeness (QED) is 0.701. The second-order valence-corrected chi connectivity index (χ2v) is 9.30. The minimum atomic E-state index is 0.124. The summed E-state index contributed by atoms with van der Waals surface area (Å²) in [6.07, 6.45) is 8.43. The average Bonchev–Trinajstić information content (AvgIpc) is 2.51. The number of hydrogen-bond acceptors (Lipinski definition) is 2. The van der Waals surface area contributed by atoms with Crippen LogP contribution in [0, 0.1) is 26.7 Å². The molecule has 4 aliphatic rings. The van der Waals surface area contributed by atoms with Crippen molar-refractivity contribution in [1.29, 1.82) is 0 Å². The van der Waals surface area contributed by atoms with Crippen molar-refractivity contribution in [3.63, 3.8) is 0 Å². The summed E-state index contributed by atoms with van der Waals surface area (Å²) < 4.78 is 1.21. The van der Waals surface area contributed by atoms with Crippen LogP contribution in [0.1, 0.15) is 38.5 Å². The van der Waals surface area contributed by atoms with Gasteiger partial charge in [0.2, 0.25) is 5.91 Å². The third-order valence-electron chi connectivity index (χ3n) is 6.12. The molecule has 124 valence electrons. The predicted octanol–water partition coefficient (Wildman–Crippen LogP) is 4.04. The number of carbonyl (C=O) groups excluding carboxylic acids is 1. The van der Waals surface area contributed by atoms with Crippen LogP contribution in [0.15, 0.2) is 24.3 Å². The molecule has 3 nitrogen and oxygen atoms in total. The third-order valence-corrected chi connectivity index (χ3v) is 6.84. The van der Waals surface area contributed by atoms with Gasteiger partial charge < -0.3 is 10.6 Å². The van der Waals surface area contributed by atoms with Gasteiger partial charge in [-0.15, -0.1) is 0 Å². The van der Waals surface area contributed by atoms with Crippen LogP contribution in [0.3, 0.4) is 0 Å². The van der Waals surface area contributed by atoms with E-state index in [0.29, 0.717) is 12.0 Å². The van der Waals surface area contributed by atoms with Gasteiger partial charge in [0.25, 0.3) is 0 Å². The first-order chi connectivity index (χ1) is 11.1. The smallest absolute Gasteiger partial charge is 0.239 e. The van der Waals surface area contributed by atoms with Crippen LogP contribution in [-0.2, 0) is 4.79 Å². The van der Waals surface area contributed by atoms with Crippen LogP contribution in [0.5, 0.6) is 0 Å². The molecule has 4 bridgehead atoms. The molecule has 1 aromatic carbocycles. The lowest BCUT2D eigenvalue weighted by molar-refractivity contribution is -0.121. The molecule has 4 fully saturated rings. The third kappa shape index (κ3) is 3.52. The van der Waals surface area contributed by atoms with Gasteiger partial charge in [0.1, 0.15) is 0 Å². The Labute approximate surface area is 152 Å². The molecule has 1 amide bonds. The van der Waals surface area contributed by atoms with E-state index in [1.54, 1.807) is 0 Å². The summed E-state index contributed by atoms with van der Waals surface area (Å²) in [5.74, 6) is 2.97. The van der Waals surface area contributed by atoms with Crippen molar-refractivity contribution >= 4 is 34.2 Å². The van der Waals surface area contributed by atoms with Crippen molar-refractivity contribution in [1.82, 2.24) is 5.32 Å². The zero-order chi connectivity index (χ0) is 15.9. The topological polar surface area (TPSA) is 41.1 Å². The number of halogens is 1. The summed E-state index contributed by atoms with van der Waals surface area (Å²) >= 11 is 2.29. The van der Waals surface area contributed by atoms with E-state index in [2.05, 4.69) is 45.4 Å². The molecule has 2 N–H and O–H groups in total. The number of amides is 1. The fourth-order valence-electron chi connectivity index (χ4n) is 5.61. The van der Waals surface area contributed by atoms with Gasteiger partial charge in [-0.1, -0.05) is 0 Å². The Morgan fingerprint density at radius 3 is 2.17 bits per heavy atom. The molecule has 0 aliphatic heterocycles. The summed E-state index contributed by atoms with van der Waals surface area (Å²) in [6.45, 7) is 1.26. The van der Waals surface area contributed by atoms with Gasteiger partial charge in [-0.05, 0) is 109 Å². The Kier molecular flexibility index (Phi) is 4.28. The van der Waals surface area contributed by atoms with Gasteiger partial charge in [0, 0.05) is 15.8 Å². The van der Waals surface area contributed by atoms with E-state index in [1.165, 1.54) is 42.1 Å². The second-order valence-electron chi connectivity index (χ2n) is 8.05. The molecule has 0 saturated heterocycles. The van der Waals surface area contributed by atoms with Crippen LogP contribution >= 0.6 is 22.6 Å². The Bertz CT molecular complexity index is 548. The van der Waals surface area contributed by atoms with E-state index in [0.717, 1.165) is 30.0 Å². The lowest BCUT2D eigenvalue weighted by Gasteiger charge is -2.56. The number of nitrogens with one attached hydrogen (secondary N) is 2. The normalized spacial score (nSPS) is 34.4. The highest BCUT2D eigenvalue weighted by Gasteiger charge is 2.50. The summed E-state index contributed by atoms with van der Waals surface area (Å²) in [6, 6.07) is 8.15. The van der Waals surface area contributed by atoms with Gasteiger partial charge in [0.15, 0.2) is 0 Å². The fourth-order valence-corrected chi connectivity index (χ4v) is 5.96. The largest absolute Gasteiger partial charge is 0.376 e. The van der Waals surface area contributed by atoms with E-state index >= 15 is 0 Å². The van der Waals surface area contributed by atoms with E-state index in [-0.39, 0.29) is 5.91 Å². The number of rotatable bonds is 5. The Morgan fingerprint density at radius 1 is 1.04 bits per heavy atom. The average molecular weight is 424 g/mol. The van der Waals surface area contributed by atoms with Crippen molar-refractivity contribution in [3.8, 4) is 0 Å². The molecule has 1 aromatic rings. The maximum absolute atomic E-state index is 12.2. The maximum atomic E-state index is 12.2. The number of anilines is 1. The first-order valence-corrected chi connectivity index (χ1v) is 9.94. The molecular formula is C19H25IN2O. The molecule has 0 unspecified atom stereocenters. The van der Waals surface area contributed by atoms with Gasteiger partial charge in [0.05, 0.1) is 6.54 Å². The van der Waals surface area contributed by atoms with Crippen molar-refractivity contribution in [2.45, 2.75) is 38.5 Å². The minimum absolute atomic E-state index is 0.124. The van der Waals surface area contributed by atoms with Crippen LogP contribution in [0.2, 0.25) is 0 Å². The number of hydrogen-bond donors (Lipinski definition) is 2. The molecule has 0 spiro atoms. The molecule has 0 radical (unpaired) electrons. The van der Waals surface area contributed by atoms with Crippen LogP contribution < -0.4 is 10.6 Å². The van der Waals surface area contributed by atoms with E-state index in [9.17, 15) is 4.79 Å². The molecular weight excluding hydrogens is 399 g/mol. The van der Waals surface area contributed by atoms with Gasteiger partial charge in [-0.2, -0.15) is 0 Å².